The van der Waals surface area contributed by atoms with Crippen molar-refractivity contribution in [2.24, 2.45) is 0 Å². The summed E-state index contributed by atoms with van der Waals surface area (Å²) in [5.74, 6) is 0.586. The molecule has 2 aliphatic rings. The van der Waals surface area contributed by atoms with Crippen molar-refractivity contribution in [2.45, 2.75) is 38.1 Å². The molecule has 0 spiro atoms. The maximum Gasteiger partial charge on any atom is 0.253 e. The van der Waals surface area contributed by atoms with Crippen molar-refractivity contribution < 1.29 is 9.59 Å². The van der Waals surface area contributed by atoms with Gasteiger partial charge in [0, 0.05) is 44.1 Å². The minimum Gasteiger partial charge on any atom is -0.338 e. The number of hydrogen-bond donors (Lipinski definition) is 0. The van der Waals surface area contributed by atoms with Crippen LogP contribution in [-0.2, 0) is 11.3 Å². The summed E-state index contributed by atoms with van der Waals surface area (Å²) in [6, 6.07) is 16.0. The molecule has 2 fully saturated rings. The van der Waals surface area contributed by atoms with E-state index in [1.165, 1.54) is 4.70 Å². The molecule has 154 valence electrons. The van der Waals surface area contributed by atoms with Crippen molar-refractivity contribution in [2.75, 3.05) is 19.6 Å². The monoisotopic (exact) mass is 419 g/mol. The number of carbonyl (C=O) groups is 2. The number of para-hydroxylation sites is 1. The molecular formula is C24H25N3O2S. The quantitative estimate of drug-likeness (QED) is 0.628. The number of thiazole rings is 1. The van der Waals surface area contributed by atoms with Crippen molar-refractivity contribution in [3.8, 4) is 0 Å². The Morgan fingerprint density at radius 2 is 2.00 bits per heavy atom. The first kappa shape index (κ1) is 19.2. The Morgan fingerprint density at radius 1 is 1.10 bits per heavy atom. The van der Waals surface area contributed by atoms with Gasteiger partial charge in [0.25, 0.3) is 5.91 Å². The third-order valence-corrected chi connectivity index (χ3v) is 7.29. The van der Waals surface area contributed by atoms with Crippen molar-refractivity contribution in [1.82, 2.24) is 14.8 Å². The second kappa shape index (κ2) is 8.19. The molecule has 0 N–H and O–H groups in total. The molecule has 2 amide bonds. The van der Waals surface area contributed by atoms with Crippen LogP contribution < -0.4 is 0 Å². The Bertz CT molecular complexity index is 1060. The smallest absolute Gasteiger partial charge is 0.253 e. The molecule has 3 heterocycles. The highest BCUT2D eigenvalue weighted by molar-refractivity contribution is 7.18. The normalized spacial score (nSPS) is 19.6. The molecule has 2 aromatic carbocycles. The van der Waals surface area contributed by atoms with Crippen molar-refractivity contribution in [1.29, 1.82) is 0 Å². The fraction of sp³-hybridized carbons (Fsp3) is 0.375. The van der Waals surface area contributed by atoms with Crippen molar-refractivity contribution >= 4 is 33.4 Å². The maximum absolute atomic E-state index is 13.2. The first-order chi connectivity index (χ1) is 14.7. The number of likely N-dealkylation sites (tertiary alicyclic amines) is 2. The lowest BCUT2D eigenvalue weighted by Gasteiger charge is -2.32. The molecule has 0 saturated carbocycles. The number of amides is 2. The highest BCUT2D eigenvalue weighted by Crippen LogP contribution is 2.33. The number of nitrogens with zero attached hydrogens (tertiary/aromatic N) is 3. The SMILES string of the molecule is O=C1CCCN1Cc1cccc(C(=O)N2CCC[C@@H](c3nc4ccccc4s3)C2)c1. The molecule has 2 aliphatic heterocycles. The lowest BCUT2D eigenvalue weighted by molar-refractivity contribution is -0.128. The van der Waals surface area contributed by atoms with Gasteiger partial charge >= 0.3 is 0 Å². The summed E-state index contributed by atoms with van der Waals surface area (Å²) >= 11 is 1.75. The first-order valence-corrected chi connectivity index (χ1v) is 11.5. The van der Waals surface area contributed by atoms with Gasteiger partial charge in [0.2, 0.25) is 5.91 Å². The molecule has 1 atom stereocenters. The summed E-state index contributed by atoms with van der Waals surface area (Å²) in [5.41, 5.74) is 2.78. The number of aromatic nitrogens is 1. The number of piperidine rings is 1. The van der Waals surface area contributed by atoms with Gasteiger partial charge < -0.3 is 9.80 Å². The molecular weight excluding hydrogens is 394 g/mol. The summed E-state index contributed by atoms with van der Waals surface area (Å²) in [6.45, 7) is 2.91. The largest absolute Gasteiger partial charge is 0.338 e. The van der Waals surface area contributed by atoms with Gasteiger partial charge in [-0.15, -0.1) is 11.3 Å². The number of carbonyl (C=O) groups excluding carboxylic acids is 2. The average molecular weight is 420 g/mol. The van der Waals surface area contributed by atoms with Gasteiger partial charge in [0.1, 0.15) is 0 Å². The van der Waals surface area contributed by atoms with Gasteiger partial charge in [-0.3, -0.25) is 9.59 Å². The van der Waals surface area contributed by atoms with Crippen LogP contribution in [0.15, 0.2) is 48.5 Å². The highest BCUT2D eigenvalue weighted by Gasteiger charge is 2.28. The van der Waals surface area contributed by atoms with Gasteiger partial charge in [0.15, 0.2) is 0 Å². The lowest BCUT2D eigenvalue weighted by atomic mass is 9.97. The predicted octanol–water partition coefficient (Wildman–Crippen LogP) is 4.44. The second-order valence-electron chi connectivity index (χ2n) is 8.23. The Labute approximate surface area is 180 Å². The highest BCUT2D eigenvalue weighted by atomic mass is 32.1. The van der Waals surface area contributed by atoms with Crippen LogP contribution in [0.2, 0.25) is 0 Å². The van der Waals surface area contributed by atoms with E-state index in [1.54, 1.807) is 11.3 Å². The standard InChI is InChI=1S/C24H25N3O2S/c28-22-11-5-12-26(22)15-17-6-3-7-18(14-17)24(29)27-13-4-8-19(16-27)23-25-20-9-1-2-10-21(20)30-23/h1-3,6-7,9-10,14,19H,4-5,8,11-13,15-16H2/t19-/m1/s1. The zero-order chi connectivity index (χ0) is 20.5. The molecule has 0 bridgehead atoms. The van der Waals surface area contributed by atoms with Crippen LogP contribution in [0.1, 0.15) is 52.5 Å². The van der Waals surface area contributed by atoms with Crippen LogP contribution in [0.3, 0.4) is 0 Å². The molecule has 1 aromatic heterocycles. The number of rotatable bonds is 4. The fourth-order valence-corrected chi connectivity index (χ4v) is 5.60. The predicted molar refractivity (Wildman–Crippen MR) is 119 cm³/mol. The summed E-state index contributed by atoms with van der Waals surface area (Å²) in [6.07, 6.45) is 3.63. The molecule has 0 unspecified atom stereocenters. The van der Waals surface area contributed by atoms with E-state index in [2.05, 4.69) is 12.1 Å². The lowest BCUT2D eigenvalue weighted by Crippen LogP contribution is -2.39. The Balaban J connectivity index is 1.30. The summed E-state index contributed by atoms with van der Waals surface area (Å²) in [7, 11) is 0. The molecule has 3 aromatic rings. The van der Waals surface area contributed by atoms with Gasteiger partial charge in [0.05, 0.1) is 15.2 Å². The molecule has 5 nitrogen and oxygen atoms in total. The molecule has 6 heteroatoms. The number of fused-ring (bicyclic) bond motifs is 1. The number of benzene rings is 2. The van der Waals surface area contributed by atoms with Crippen LogP contribution in [-0.4, -0.2) is 46.2 Å². The van der Waals surface area contributed by atoms with Gasteiger partial charge in [-0.1, -0.05) is 24.3 Å². The Hall–Kier alpha value is -2.73. The zero-order valence-corrected chi connectivity index (χ0v) is 17.7. The summed E-state index contributed by atoms with van der Waals surface area (Å²) < 4.78 is 1.21. The van der Waals surface area contributed by atoms with Gasteiger partial charge in [-0.05, 0) is 49.1 Å². The van der Waals surface area contributed by atoms with E-state index < -0.39 is 0 Å². The van der Waals surface area contributed by atoms with E-state index in [-0.39, 0.29) is 11.8 Å². The van der Waals surface area contributed by atoms with E-state index in [4.69, 9.17) is 4.98 Å². The van der Waals surface area contributed by atoms with Crippen molar-refractivity contribution in [3.05, 3.63) is 64.7 Å². The molecule has 30 heavy (non-hydrogen) atoms. The van der Waals surface area contributed by atoms with E-state index in [9.17, 15) is 9.59 Å². The molecule has 2 saturated heterocycles. The van der Waals surface area contributed by atoms with Crippen LogP contribution in [0, 0.1) is 0 Å². The third-order valence-electron chi connectivity index (χ3n) is 6.09. The minimum atomic E-state index is 0.0791. The average Bonchev–Trinajstić information content (AvgIpc) is 3.40. The Kier molecular flexibility index (Phi) is 5.25. The molecule has 0 radical (unpaired) electrons. The molecule has 0 aliphatic carbocycles. The summed E-state index contributed by atoms with van der Waals surface area (Å²) in [4.78, 5) is 33.8. The van der Waals surface area contributed by atoms with Gasteiger partial charge in [-0.2, -0.15) is 0 Å². The zero-order valence-electron chi connectivity index (χ0n) is 16.9. The third kappa shape index (κ3) is 3.84. The van der Waals surface area contributed by atoms with E-state index >= 15 is 0 Å². The topological polar surface area (TPSA) is 53.5 Å². The molecule has 5 rings (SSSR count). The maximum atomic E-state index is 13.2. The summed E-state index contributed by atoms with van der Waals surface area (Å²) in [5, 5.41) is 1.13. The van der Waals surface area contributed by atoms with Crippen LogP contribution in [0.25, 0.3) is 10.2 Å². The van der Waals surface area contributed by atoms with Crippen LogP contribution in [0.4, 0.5) is 0 Å². The Morgan fingerprint density at radius 3 is 2.83 bits per heavy atom. The number of hydrogen-bond acceptors (Lipinski definition) is 4. The fourth-order valence-electron chi connectivity index (χ4n) is 4.50. The van der Waals surface area contributed by atoms with E-state index in [0.29, 0.717) is 31.0 Å². The van der Waals surface area contributed by atoms with Gasteiger partial charge in [-0.25, -0.2) is 4.98 Å². The first-order valence-electron chi connectivity index (χ1n) is 10.7. The van der Waals surface area contributed by atoms with E-state index in [0.717, 1.165) is 48.4 Å². The van der Waals surface area contributed by atoms with E-state index in [1.807, 2.05) is 46.2 Å². The minimum absolute atomic E-state index is 0.0791. The van der Waals surface area contributed by atoms with Crippen LogP contribution in [0.5, 0.6) is 0 Å². The second-order valence-corrected chi connectivity index (χ2v) is 9.29. The van der Waals surface area contributed by atoms with Crippen molar-refractivity contribution in [3.63, 3.8) is 0 Å². The van der Waals surface area contributed by atoms with Crippen LogP contribution >= 0.6 is 11.3 Å².